The number of ether oxygens (including phenoxy) is 3. The van der Waals surface area contributed by atoms with E-state index in [1.807, 2.05) is 77.9 Å². The molecule has 0 saturated heterocycles. The van der Waals surface area contributed by atoms with Gasteiger partial charge in [0.1, 0.15) is 18.0 Å². The van der Waals surface area contributed by atoms with Gasteiger partial charge in [0.15, 0.2) is 0 Å². The Kier molecular flexibility index (Phi) is 9.84. The predicted molar refractivity (Wildman–Crippen MR) is 140 cm³/mol. The summed E-state index contributed by atoms with van der Waals surface area (Å²) in [6.07, 6.45) is 1.17. The van der Waals surface area contributed by atoms with Gasteiger partial charge in [-0.2, -0.15) is 0 Å². The Morgan fingerprint density at radius 3 is 2.33 bits per heavy atom. The fraction of sp³-hybridized carbons (Fsp3) is 0.519. The van der Waals surface area contributed by atoms with Gasteiger partial charge in [-0.1, -0.05) is 13.0 Å². The molecule has 2 rings (SSSR count). The first-order chi connectivity index (χ1) is 16.7. The lowest BCUT2D eigenvalue weighted by molar-refractivity contribution is -0.169. The van der Waals surface area contributed by atoms with Gasteiger partial charge in [0, 0.05) is 24.4 Å². The number of aromatic nitrogens is 1. The van der Waals surface area contributed by atoms with Gasteiger partial charge >= 0.3 is 12.1 Å². The first-order valence-electron chi connectivity index (χ1n) is 12.0. The molecule has 36 heavy (non-hydrogen) atoms. The summed E-state index contributed by atoms with van der Waals surface area (Å²) in [6, 6.07) is 9.26. The number of amides is 1. The van der Waals surface area contributed by atoms with Crippen LogP contribution >= 0.6 is 0 Å². The molecule has 1 heterocycles. The zero-order valence-corrected chi connectivity index (χ0v) is 22.5. The Hall–Kier alpha value is -3.17. The van der Waals surface area contributed by atoms with Crippen LogP contribution in [0.1, 0.15) is 46.6 Å². The predicted octanol–water partition coefficient (Wildman–Crippen LogP) is 3.98. The molecule has 0 saturated carbocycles. The quantitative estimate of drug-likeness (QED) is 0.443. The number of nitrogens with two attached hydrogens (primary N) is 2. The molecule has 1 amide bonds. The topological polar surface area (TPSA) is 130 Å². The average Bonchev–Trinajstić information content (AvgIpc) is 2.76. The summed E-state index contributed by atoms with van der Waals surface area (Å²) in [7, 11) is 3.94. The smallest absolute Gasteiger partial charge is 0.411 e. The van der Waals surface area contributed by atoms with Crippen molar-refractivity contribution >= 4 is 12.1 Å². The molecular weight excluding hydrogens is 460 g/mol. The van der Waals surface area contributed by atoms with E-state index in [2.05, 4.69) is 4.98 Å². The highest BCUT2D eigenvalue weighted by Crippen LogP contribution is 2.33. The van der Waals surface area contributed by atoms with Crippen molar-refractivity contribution in [3.63, 3.8) is 0 Å². The van der Waals surface area contributed by atoms with Gasteiger partial charge < -0.3 is 30.6 Å². The first-order valence-corrected chi connectivity index (χ1v) is 12.0. The number of hydrogen-bond acceptors (Lipinski definition) is 8. The largest absolute Gasteiger partial charge is 0.492 e. The molecule has 0 unspecified atom stereocenters. The molecule has 198 valence electrons. The van der Waals surface area contributed by atoms with Crippen LogP contribution in [0.4, 0.5) is 4.79 Å². The lowest BCUT2D eigenvalue weighted by Gasteiger charge is -2.33. The summed E-state index contributed by atoms with van der Waals surface area (Å²) in [5, 5.41) is 0. The first kappa shape index (κ1) is 29.1. The average molecular weight is 501 g/mol. The molecule has 2 aromatic rings. The third-order valence-electron chi connectivity index (χ3n) is 5.46. The lowest BCUT2D eigenvalue weighted by atomic mass is 9.82. The van der Waals surface area contributed by atoms with Gasteiger partial charge in [-0.05, 0) is 90.0 Å². The molecule has 4 N–H and O–H groups in total. The number of nitrogens with zero attached hydrogens (tertiary/aromatic N) is 2. The van der Waals surface area contributed by atoms with Crippen molar-refractivity contribution in [3.8, 4) is 22.8 Å². The van der Waals surface area contributed by atoms with E-state index in [0.717, 1.165) is 16.7 Å². The SMILES string of the molecule is C[C@H](CN)C[C@@](C)(COc1ccc(-c2ccnc(OC(N)=O)c2)cc1CN(C)C)C(=O)OC(C)(C)C. The summed E-state index contributed by atoms with van der Waals surface area (Å²) >= 11 is 0. The molecule has 0 aliphatic carbocycles. The van der Waals surface area contributed by atoms with Crippen LogP contribution in [0.5, 0.6) is 11.6 Å². The van der Waals surface area contributed by atoms with E-state index in [4.69, 9.17) is 25.7 Å². The van der Waals surface area contributed by atoms with Gasteiger partial charge in [-0.15, -0.1) is 0 Å². The van der Waals surface area contributed by atoms with Gasteiger partial charge in [0.2, 0.25) is 5.88 Å². The van der Waals surface area contributed by atoms with Gasteiger partial charge in [0.25, 0.3) is 0 Å². The molecule has 2 atom stereocenters. The Morgan fingerprint density at radius 2 is 1.75 bits per heavy atom. The number of rotatable bonds is 11. The van der Waals surface area contributed by atoms with Gasteiger partial charge in [-0.3, -0.25) is 4.79 Å². The number of hydrogen-bond donors (Lipinski definition) is 2. The van der Waals surface area contributed by atoms with E-state index in [0.29, 0.717) is 25.3 Å². The van der Waals surface area contributed by atoms with Crippen molar-refractivity contribution in [3.05, 3.63) is 42.1 Å². The van der Waals surface area contributed by atoms with E-state index in [-0.39, 0.29) is 24.4 Å². The van der Waals surface area contributed by atoms with E-state index in [9.17, 15) is 9.59 Å². The van der Waals surface area contributed by atoms with Crippen LogP contribution in [0, 0.1) is 11.3 Å². The third kappa shape index (κ3) is 8.80. The van der Waals surface area contributed by atoms with Crippen LogP contribution in [-0.2, 0) is 16.1 Å². The van der Waals surface area contributed by atoms with Crippen molar-refractivity contribution < 1.29 is 23.8 Å². The fourth-order valence-electron chi connectivity index (χ4n) is 3.80. The molecule has 1 aromatic heterocycles. The molecule has 9 heteroatoms. The second-order valence-corrected chi connectivity index (χ2v) is 10.8. The van der Waals surface area contributed by atoms with Crippen molar-refractivity contribution in [2.24, 2.45) is 22.8 Å². The Bertz CT molecular complexity index is 1050. The second kappa shape index (κ2) is 12.2. The number of carbonyl (C=O) groups is 2. The van der Waals surface area contributed by atoms with Crippen molar-refractivity contribution in [2.45, 2.75) is 53.2 Å². The molecule has 0 bridgehead atoms. The molecular formula is C27H40N4O5. The summed E-state index contributed by atoms with van der Waals surface area (Å²) in [4.78, 5) is 30.3. The van der Waals surface area contributed by atoms with Gasteiger partial charge in [0.05, 0.1) is 5.41 Å². The van der Waals surface area contributed by atoms with E-state index < -0.39 is 17.1 Å². The van der Waals surface area contributed by atoms with E-state index >= 15 is 0 Å². The normalized spacial score (nSPS) is 14.1. The number of primary amides is 1. The summed E-state index contributed by atoms with van der Waals surface area (Å²) < 4.78 is 16.9. The Labute approximate surface area is 214 Å². The second-order valence-electron chi connectivity index (χ2n) is 10.8. The maximum atomic E-state index is 13.2. The standard InChI is InChI=1S/C27H40N4O5/c1-18(15-28)14-27(5,24(32)36-26(2,3)4)17-34-22-9-8-19(12-21(22)16-31(6)7)20-10-11-30-23(13-20)35-25(29)33/h8-13,18H,14-17,28H2,1-7H3,(H2,29,33)/t18-,27-/m0/s1. The van der Waals surface area contributed by atoms with Crippen LogP contribution in [0.3, 0.4) is 0 Å². The van der Waals surface area contributed by atoms with Crippen molar-refractivity contribution in [1.29, 1.82) is 0 Å². The molecule has 0 fully saturated rings. The molecule has 0 aliphatic heterocycles. The minimum atomic E-state index is -0.923. The maximum absolute atomic E-state index is 13.2. The minimum Gasteiger partial charge on any atom is -0.492 e. The zero-order valence-electron chi connectivity index (χ0n) is 22.5. The highest BCUT2D eigenvalue weighted by atomic mass is 16.6. The van der Waals surface area contributed by atoms with Gasteiger partial charge in [-0.25, -0.2) is 9.78 Å². The number of carbonyl (C=O) groups excluding carboxylic acids is 2. The molecule has 0 spiro atoms. The minimum absolute atomic E-state index is 0.122. The molecule has 0 aliphatic rings. The fourth-order valence-corrected chi connectivity index (χ4v) is 3.80. The lowest BCUT2D eigenvalue weighted by Crippen LogP contribution is -2.41. The van der Waals surface area contributed by atoms with Crippen molar-refractivity contribution in [2.75, 3.05) is 27.2 Å². The molecule has 9 nitrogen and oxygen atoms in total. The van der Waals surface area contributed by atoms with Crippen LogP contribution in [0.2, 0.25) is 0 Å². The number of pyridine rings is 1. The van der Waals surface area contributed by atoms with Crippen molar-refractivity contribution in [1.82, 2.24) is 9.88 Å². The molecule has 1 aromatic carbocycles. The molecule has 0 radical (unpaired) electrons. The summed E-state index contributed by atoms with van der Waals surface area (Å²) in [5.74, 6) is 0.611. The van der Waals surface area contributed by atoms with Crippen LogP contribution in [-0.4, -0.2) is 54.8 Å². The van der Waals surface area contributed by atoms with E-state index in [1.165, 1.54) is 0 Å². The summed E-state index contributed by atoms with van der Waals surface area (Å²) in [5.41, 5.74) is 12.1. The maximum Gasteiger partial charge on any atom is 0.411 e. The number of benzene rings is 1. The highest BCUT2D eigenvalue weighted by Gasteiger charge is 2.39. The zero-order chi connectivity index (χ0) is 27.1. The van der Waals surface area contributed by atoms with Crippen LogP contribution in [0.15, 0.2) is 36.5 Å². The van der Waals surface area contributed by atoms with E-state index in [1.54, 1.807) is 12.3 Å². The summed E-state index contributed by atoms with van der Waals surface area (Å²) in [6.45, 7) is 10.7. The van der Waals surface area contributed by atoms with Crippen LogP contribution < -0.4 is 20.9 Å². The number of esters is 1. The highest BCUT2D eigenvalue weighted by molar-refractivity contribution is 5.77. The Balaban J connectivity index is 2.36. The van der Waals surface area contributed by atoms with Crippen LogP contribution in [0.25, 0.3) is 11.1 Å². The Morgan fingerprint density at radius 1 is 1.08 bits per heavy atom. The third-order valence-corrected chi connectivity index (χ3v) is 5.46. The monoisotopic (exact) mass is 500 g/mol.